The second-order valence-corrected chi connectivity index (χ2v) is 7.43. The van der Waals surface area contributed by atoms with Crippen LogP contribution in [0, 0.1) is 0 Å². The lowest BCUT2D eigenvalue weighted by atomic mass is 9.94. The van der Waals surface area contributed by atoms with Gasteiger partial charge in [-0.25, -0.2) is 0 Å². The summed E-state index contributed by atoms with van der Waals surface area (Å²) in [6.07, 6.45) is 0.232. The summed E-state index contributed by atoms with van der Waals surface area (Å²) < 4.78 is 6.27. The van der Waals surface area contributed by atoms with E-state index in [-0.39, 0.29) is 12.1 Å². The molecule has 0 aromatic heterocycles. The average Bonchev–Trinajstić information content (AvgIpc) is 2.73. The molecule has 4 aromatic rings. The SMILES string of the molecule is c1ccc(C(c2ccccc2)N2CC(Oc3ccc4ccccc4c3)C2)cc1. The summed E-state index contributed by atoms with van der Waals surface area (Å²) in [4.78, 5) is 2.50. The molecule has 0 spiro atoms. The predicted molar refractivity (Wildman–Crippen MR) is 115 cm³/mol. The molecule has 1 aliphatic rings. The topological polar surface area (TPSA) is 12.5 Å². The van der Waals surface area contributed by atoms with Gasteiger partial charge in [0.25, 0.3) is 0 Å². The standard InChI is InChI=1S/C26H23NO/c1-3-10-21(11-4-1)26(22-12-5-2-6-13-22)27-18-25(19-27)28-24-16-15-20-9-7-8-14-23(20)17-24/h1-17,25-26H,18-19H2. The first kappa shape index (κ1) is 17.0. The first-order valence-electron chi connectivity index (χ1n) is 9.86. The van der Waals surface area contributed by atoms with E-state index in [1.165, 1.54) is 21.9 Å². The molecule has 1 aliphatic heterocycles. The van der Waals surface area contributed by atoms with Crippen molar-refractivity contribution in [2.24, 2.45) is 0 Å². The maximum Gasteiger partial charge on any atom is 0.124 e. The lowest BCUT2D eigenvalue weighted by Crippen LogP contribution is -2.55. The average molecular weight is 365 g/mol. The van der Waals surface area contributed by atoms with E-state index in [1.807, 2.05) is 0 Å². The van der Waals surface area contributed by atoms with Crippen LogP contribution in [0.2, 0.25) is 0 Å². The van der Waals surface area contributed by atoms with Gasteiger partial charge in [0, 0.05) is 13.1 Å². The first-order chi connectivity index (χ1) is 13.9. The molecule has 0 amide bonds. The number of nitrogens with zero attached hydrogens (tertiary/aromatic N) is 1. The maximum absolute atomic E-state index is 6.27. The Hall–Kier alpha value is -3.10. The van der Waals surface area contributed by atoms with Gasteiger partial charge in [-0.1, -0.05) is 91.0 Å². The molecule has 0 bridgehead atoms. The van der Waals surface area contributed by atoms with Crippen molar-refractivity contribution in [2.45, 2.75) is 12.1 Å². The fraction of sp³-hybridized carbons (Fsp3) is 0.154. The van der Waals surface area contributed by atoms with Crippen LogP contribution >= 0.6 is 0 Å². The molecule has 138 valence electrons. The summed E-state index contributed by atoms with van der Waals surface area (Å²) in [7, 11) is 0. The van der Waals surface area contributed by atoms with E-state index in [4.69, 9.17) is 4.74 Å². The van der Waals surface area contributed by atoms with E-state index in [9.17, 15) is 0 Å². The van der Waals surface area contributed by atoms with Crippen LogP contribution in [0.3, 0.4) is 0 Å². The number of hydrogen-bond donors (Lipinski definition) is 0. The quantitative estimate of drug-likeness (QED) is 0.450. The van der Waals surface area contributed by atoms with Gasteiger partial charge in [-0.3, -0.25) is 4.90 Å². The van der Waals surface area contributed by atoms with Gasteiger partial charge in [0.05, 0.1) is 6.04 Å². The summed E-state index contributed by atoms with van der Waals surface area (Å²) in [6.45, 7) is 1.86. The molecule has 0 N–H and O–H groups in total. The number of hydrogen-bond acceptors (Lipinski definition) is 2. The van der Waals surface area contributed by atoms with Crippen LogP contribution in [0.15, 0.2) is 103 Å². The van der Waals surface area contributed by atoms with Crippen LogP contribution in [-0.2, 0) is 0 Å². The summed E-state index contributed by atoms with van der Waals surface area (Å²) >= 11 is 0. The normalized spacial score (nSPS) is 14.9. The lowest BCUT2D eigenvalue weighted by Gasteiger charge is -2.44. The van der Waals surface area contributed by atoms with Gasteiger partial charge >= 0.3 is 0 Å². The van der Waals surface area contributed by atoms with Gasteiger partial charge < -0.3 is 4.74 Å². The molecule has 0 atom stereocenters. The molecule has 28 heavy (non-hydrogen) atoms. The Labute approximate surface area is 166 Å². The lowest BCUT2D eigenvalue weighted by molar-refractivity contribution is 0.000365. The zero-order valence-electron chi connectivity index (χ0n) is 15.7. The Morgan fingerprint density at radius 1 is 0.643 bits per heavy atom. The molecule has 2 nitrogen and oxygen atoms in total. The van der Waals surface area contributed by atoms with E-state index >= 15 is 0 Å². The third-order valence-electron chi connectivity index (χ3n) is 5.50. The van der Waals surface area contributed by atoms with Crippen LogP contribution in [0.25, 0.3) is 10.8 Å². The van der Waals surface area contributed by atoms with Gasteiger partial charge in [-0.05, 0) is 34.0 Å². The number of fused-ring (bicyclic) bond motifs is 1. The molecule has 0 saturated carbocycles. The largest absolute Gasteiger partial charge is 0.488 e. The fourth-order valence-corrected chi connectivity index (χ4v) is 4.07. The number of benzene rings is 4. The molecule has 2 heteroatoms. The van der Waals surface area contributed by atoms with Crippen LogP contribution in [0.1, 0.15) is 17.2 Å². The van der Waals surface area contributed by atoms with Crippen molar-refractivity contribution in [1.82, 2.24) is 4.90 Å². The zero-order chi connectivity index (χ0) is 18.8. The third-order valence-corrected chi connectivity index (χ3v) is 5.50. The number of ether oxygens (including phenoxy) is 1. The Morgan fingerprint density at radius 2 is 1.21 bits per heavy atom. The Balaban J connectivity index is 1.32. The summed E-state index contributed by atoms with van der Waals surface area (Å²) in [5.41, 5.74) is 2.66. The highest BCUT2D eigenvalue weighted by Crippen LogP contribution is 2.33. The van der Waals surface area contributed by atoms with Gasteiger partial charge in [-0.15, -0.1) is 0 Å². The summed E-state index contributed by atoms with van der Waals surface area (Å²) in [6, 6.07) is 36.5. The van der Waals surface area contributed by atoms with Crippen LogP contribution in [0.5, 0.6) is 5.75 Å². The minimum absolute atomic E-state index is 0.232. The minimum atomic E-state index is 0.232. The Kier molecular flexibility index (Phi) is 4.56. The molecule has 0 aliphatic carbocycles. The maximum atomic E-state index is 6.27. The van der Waals surface area contributed by atoms with Crippen molar-refractivity contribution in [3.8, 4) is 5.75 Å². The van der Waals surface area contributed by atoms with E-state index in [0.717, 1.165) is 18.8 Å². The van der Waals surface area contributed by atoms with Crippen molar-refractivity contribution < 1.29 is 4.74 Å². The van der Waals surface area contributed by atoms with Crippen LogP contribution in [-0.4, -0.2) is 24.1 Å². The Morgan fingerprint density at radius 3 is 1.86 bits per heavy atom. The highest BCUT2D eigenvalue weighted by atomic mass is 16.5. The molecule has 1 saturated heterocycles. The fourth-order valence-electron chi connectivity index (χ4n) is 4.07. The van der Waals surface area contributed by atoms with E-state index in [1.54, 1.807) is 0 Å². The van der Waals surface area contributed by atoms with E-state index in [0.29, 0.717) is 0 Å². The molecule has 0 unspecified atom stereocenters. The van der Waals surface area contributed by atoms with Gasteiger partial charge in [0.1, 0.15) is 11.9 Å². The molecular formula is C26H23NO. The Bertz CT molecular complexity index is 1020. The van der Waals surface area contributed by atoms with Gasteiger partial charge in [0.2, 0.25) is 0 Å². The minimum Gasteiger partial charge on any atom is -0.488 e. The van der Waals surface area contributed by atoms with Crippen LogP contribution < -0.4 is 4.74 Å². The molecule has 0 radical (unpaired) electrons. The third kappa shape index (κ3) is 3.39. The monoisotopic (exact) mass is 365 g/mol. The summed E-state index contributed by atoms with van der Waals surface area (Å²) in [5.74, 6) is 0.958. The van der Waals surface area contributed by atoms with E-state index < -0.39 is 0 Å². The van der Waals surface area contributed by atoms with Gasteiger partial charge in [0.15, 0.2) is 0 Å². The van der Waals surface area contributed by atoms with Crippen molar-refractivity contribution in [1.29, 1.82) is 0 Å². The molecule has 1 fully saturated rings. The number of rotatable bonds is 5. The van der Waals surface area contributed by atoms with Crippen molar-refractivity contribution in [2.75, 3.05) is 13.1 Å². The smallest absolute Gasteiger partial charge is 0.124 e. The van der Waals surface area contributed by atoms with Crippen molar-refractivity contribution >= 4 is 10.8 Å². The zero-order valence-corrected chi connectivity index (χ0v) is 15.7. The second-order valence-electron chi connectivity index (χ2n) is 7.43. The molecule has 1 heterocycles. The summed E-state index contributed by atoms with van der Waals surface area (Å²) in [5, 5.41) is 2.47. The first-order valence-corrected chi connectivity index (χ1v) is 9.86. The molecule has 5 rings (SSSR count). The van der Waals surface area contributed by atoms with E-state index in [2.05, 4.69) is 108 Å². The highest BCUT2D eigenvalue weighted by molar-refractivity contribution is 5.83. The van der Waals surface area contributed by atoms with Crippen molar-refractivity contribution in [3.63, 3.8) is 0 Å². The number of likely N-dealkylation sites (tertiary alicyclic amines) is 1. The predicted octanol–water partition coefficient (Wildman–Crippen LogP) is 5.69. The van der Waals surface area contributed by atoms with Crippen molar-refractivity contribution in [3.05, 3.63) is 114 Å². The molecule has 4 aromatic carbocycles. The second kappa shape index (κ2) is 7.49. The highest BCUT2D eigenvalue weighted by Gasteiger charge is 2.35. The van der Waals surface area contributed by atoms with Crippen LogP contribution in [0.4, 0.5) is 0 Å². The molecular weight excluding hydrogens is 342 g/mol. The van der Waals surface area contributed by atoms with Gasteiger partial charge in [-0.2, -0.15) is 0 Å².